The van der Waals surface area contributed by atoms with Gasteiger partial charge in [-0.1, -0.05) is 45.0 Å². The highest BCUT2D eigenvalue weighted by Crippen LogP contribution is 2.18. The Hall–Kier alpha value is -3.31. The van der Waals surface area contributed by atoms with Gasteiger partial charge in [-0.25, -0.2) is 0 Å². The van der Waals surface area contributed by atoms with Gasteiger partial charge in [0.05, 0.1) is 98.4 Å². The first kappa shape index (κ1) is 50.7. The minimum Gasteiger partial charge on any atom is -0.461 e. The second kappa shape index (κ2) is 32.7. The van der Waals surface area contributed by atoms with Crippen LogP contribution in [-0.2, 0) is 74.9 Å². The molecule has 0 aromatic heterocycles. The Labute approximate surface area is 333 Å². The van der Waals surface area contributed by atoms with Crippen molar-refractivity contribution >= 4 is 29.4 Å². The lowest BCUT2D eigenvalue weighted by atomic mass is 9.88. The summed E-state index contributed by atoms with van der Waals surface area (Å²) in [6, 6.07) is 6.42. The third kappa shape index (κ3) is 25.8. The van der Waals surface area contributed by atoms with Crippen molar-refractivity contribution in [1.82, 2.24) is 10.2 Å². The molecule has 1 N–H and O–H groups in total. The maximum Gasteiger partial charge on any atom is 0.302 e. The molecular formula is C41H68N2O13. The number of ether oxygens (including phenoxy) is 8. The highest BCUT2D eigenvalue weighted by atomic mass is 16.6. The van der Waals surface area contributed by atoms with Gasteiger partial charge in [-0.2, -0.15) is 0 Å². The summed E-state index contributed by atoms with van der Waals surface area (Å²) in [5, 5.41) is 2.80. The molecule has 2 amide bonds. The summed E-state index contributed by atoms with van der Waals surface area (Å²) in [5.74, 6) is -1.84. The maximum absolute atomic E-state index is 13.2. The normalized spacial score (nSPS) is 12.3. The van der Waals surface area contributed by atoms with Crippen LogP contribution in [0.15, 0.2) is 24.3 Å². The second-order valence-corrected chi connectivity index (χ2v) is 13.6. The standard InChI is InChI=1S/C41H68N2O13/c1-7-14-43(40(47)13-16-50-19-20-52-23-24-54-27-28-55-26-25-53-22-21-51-18-17-49-6)15-12-37(45)30-38(32(2)3)41(48)42-33(4)39(46)29-35-8-10-36(11-9-35)31-56-34(5)44/h8-11,32-33,38H,7,12-31H2,1-6H3,(H,42,48)/t33-,38-/m0/s1. The molecular weight excluding hydrogens is 728 g/mol. The van der Waals surface area contributed by atoms with Gasteiger partial charge in [-0.15, -0.1) is 0 Å². The van der Waals surface area contributed by atoms with E-state index in [0.717, 1.165) is 17.5 Å². The van der Waals surface area contributed by atoms with E-state index in [1.807, 2.05) is 20.8 Å². The Kier molecular flexibility index (Phi) is 29.6. The number of Topliss-reactive ketones (excluding diaryl/α,β-unsaturated/α-hetero) is 2. The highest BCUT2D eigenvalue weighted by Gasteiger charge is 2.28. The number of hydrogen-bond acceptors (Lipinski definition) is 13. The largest absolute Gasteiger partial charge is 0.461 e. The molecule has 0 spiro atoms. The van der Waals surface area contributed by atoms with Crippen LogP contribution in [0.3, 0.4) is 0 Å². The molecule has 0 aliphatic rings. The fourth-order valence-corrected chi connectivity index (χ4v) is 5.22. The first-order chi connectivity index (χ1) is 27.0. The molecule has 0 saturated heterocycles. The van der Waals surface area contributed by atoms with Crippen molar-refractivity contribution in [2.24, 2.45) is 11.8 Å². The average molecular weight is 797 g/mol. The summed E-state index contributed by atoms with van der Waals surface area (Å²) in [7, 11) is 1.63. The zero-order valence-electron chi connectivity index (χ0n) is 34.6. The van der Waals surface area contributed by atoms with E-state index in [1.54, 1.807) is 43.2 Å². The highest BCUT2D eigenvalue weighted by molar-refractivity contribution is 5.92. The Morgan fingerprint density at radius 3 is 1.61 bits per heavy atom. The summed E-state index contributed by atoms with van der Waals surface area (Å²) >= 11 is 0. The number of carbonyl (C=O) groups is 5. The topological polar surface area (TPSA) is 174 Å². The lowest BCUT2D eigenvalue weighted by Gasteiger charge is -2.24. The fraction of sp³-hybridized carbons (Fsp3) is 0.732. The number of esters is 1. The Bertz CT molecular complexity index is 1230. The van der Waals surface area contributed by atoms with E-state index in [9.17, 15) is 24.0 Å². The number of methoxy groups -OCH3 is 1. The number of amides is 2. The van der Waals surface area contributed by atoms with Gasteiger partial charge in [0.1, 0.15) is 12.4 Å². The summed E-state index contributed by atoms with van der Waals surface area (Å²) in [4.78, 5) is 64.7. The zero-order valence-corrected chi connectivity index (χ0v) is 34.6. The third-order valence-corrected chi connectivity index (χ3v) is 8.53. The van der Waals surface area contributed by atoms with E-state index in [4.69, 9.17) is 37.9 Å². The number of rotatable bonds is 36. The first-order valence-corrected chi connectivity index (χ1v) is 19.8. The average Bonchev–Trinajstić information content (AvgIpc) is 3.17. The molecule has 15 heteroatoms. The van der Waals surface area contributed by atoms with E-state index in [-0.39, 0.29) is 80.7 Å². The van der Waals surface area contributed by atoms with Crippen LogP contribution in [0.1, 0.15) is 71.4 Å². The number of ketones is 2. The van der Waals surface area contributed by atoms with Crippen molar-refractivity contribution < 1.29 is 61.9 Å². The SMILES string of the molecule is CCCN(CCC(=O)C[C@H](C(=O)N[C@@H](C)C(=O)Cc1ccc(COC(C)=O)cc1)C(C)C)C(=O)CCOCCOCCOCCOCCOCCOCCOC. The first-order valence-electron chi connectivity index (χ1n) is 19.8. The van der Waals surface area contributed by atoms with Gasteiger partial charge >= 0.3 is 5.97 Å². The number of carbonyl (C=O) groups excluding carboxylic acids is 5. The summed E-state index contributed by atoms with van der Waals surface area (Å²) in [6.45, 7) is 15.5. The molecule has 0 heterocycles. The summed E-state index contributed by atoms with van der Waals surface area (Å²) < 4.78 is 42.6. The molecule has 0 aliphatic heterocycles. The molecule has 15 nitrogen and oxygen atoms in total. The molecule has 0 unspecified atom stereocenters. The van der Waals surface area contributed by atoms with Crippen LogP contribution in [0, 0.1) is 11.8 Å². The van der Waals surface area contributed by atoms with Gasteiger partial charge in [0.15, 0.2) is 5.78 Å². The van der Waals surface area contributed by atoms with Crippen LogP contribution in [-0.4, -0.2) is 146 Å². The van der Waals surface area contributed by atoms with Gasteiger partial charge in [0.2, 0.25) is 11.8 Å². The molecule has 320 valence electrons. The zero-order chi connectivity index (χ0) is 41.4. The lowest BCUT2D eigenvalue weighted by Crippen LogP contribution is -2.44. The Balaban J connectivity index is 2.25. The molecule has 1 aromatic carbocycles. The maximum atomic E-state index is 13.2. The molecule has 1 rings (SSSR count). The van der Waals surface area contributed by atoms with Crippen molar-refractivity contribution in [1.29, 1.82) is 0 Å². The van der Waals surface area contributed by atoms with Crippen molar-refractivity contribution in [3.8, 4) is 0 Å². The van der Waals surface area contributed by atoms with E-state index in [0.29, 0.717) is 85.8 Å². The van der Waals surface area contributed by atoms with Crippen molar-refractivity contribution in [2.45, 2.75) is 79.4 Å². The quantitative estimate of drug-likeness (QED) is 0.0775. The minimum absolute atomic E-state index is 0.0206. The summed E-state index contributed by atoms with van der Waals surface area (Å²) in [6.07, 6.45) is 1.20. The molecule has 1 aromatic rings. The molecule has 2 atom stereocenters. The molecule has 56 heavy (non-hydrogen) atoms. The van der Waals surface area contributed by atoms with E-state index < -0.39 is 12.0 Å². The number of nitrogens with one attached hydrogen (secondary N) is 1. The Morgan fingerprint density at radius 1 is 0.661 bits per heavy atom. The van der Waals surface area contributed by atoms with Crippen LogP contribution in [0.5, 0.6) is 0 Å². The van der Waals surface area contributed by atoms with Crippen molar-refractivity contribution in [3.05, 3.63) is 35.4 Å². The monoisotopic (exact) mass is 796 g/mol. The van der Waals surface area contributed by atoms with Crippen LogP contribution >= 0.6 is 0 Å². The molecule has 0 aliphatic carbocycles. The minimum atomic E-state index is -0.740. The van der Waals surface area contributed by atoms with Gasteiger partial charge in [-0.3, -0.25) is 24.0 Å². The van der Waals surface area contributed by atoms with Crippen LogP contribution in [0.4, 0.5) is 0 Å². The van der Waals surface area contributed by atoms with Crippen molar-refractivity contribution in [2.75, 3.05) is 106 Å². The lowest BCUT2D eigenvalue weighted by molar-refractivity contribution is -0.142. The predicted octanol–water partition coefficient (Wildman–Crippen LogP) is 3.36. The molecule has 0 bridgehead atoms. The fourth-order valence-electron chi connectivity index (χ4n) is 5.22. The smallest absolute Gasteiger partial charge is 0.302 e. The van der Waals surface area contributed by atoms with Gasteiger partial charge < -0.3 is 48.1 Å². The van der Waals surface area contributed by atoms with Crippen LogP contribution in [0.25, 0.3) is 0 Å². The third-order valence-electron chi connectivity index (χ3n) is 8.53. The van der Waals surface area contributed by atoms with Crippen LogP contribution < -0.4 is 5.32 Å². The number of benzene rings is 1. The number of nitrogens with zero attached hydrogens (tertiary/aromatic N) is 1. The van der Waals surface area contributed by atoms with Gasteiger partial charge in [-0.05, 0) is 30.4 Å². The molecule has 0 saturated carbocycles. The number of hydrogen-bond donors (Lipinski definition) is 1. The van der Waals surface area contributed by atoms with E-state index >= 15 is 0 Å². The van der Waals surface area contributed by atoms with E-state index in [2.05, 4.69) is 5.32 Å². The van der Waals surface area contributed by atoms with Crippen molar-refractivity contribution in [3.63, 3.8) is 0 Å². The molecule has 0 fully saturated rings. The van der Waals surface area contributed by atoms with Gasteiger partial charge in [0.25, 0.3) is 0 Å². The Morgan fingerprint density at radius 2 is 1.14 bits per heavy atom. The summed E-state index contributed by atoms with van der Waals surface area (Å²) in [5.41, 5.74) is 1.58. The van der Waals surface area contributed by atoms with E-state index in [1.165, 1.54) is 6.92 Å². The second-order valence-electron chi connectivity index (χ2n) is 13.6. The predicted molar refractivity (Wildman–Crippen MR) is 209 cm³/mol. The molecule has 0 radical (unpaired) electrons. The van der Waals surface area contributed by atoms with Crippen LogP contribution in [0.2, 0.25) is 0 Å². The van der Waals surface area contributed by atoms with Gasteiger partial charge in [0, 0.05) is 52.3 Å².